The minimum atomic E-state index is -1.20. The fourth-order valence-electron chi connectivity index (χ4n) is 17.3. The molecule has 124 heavy (non-hydrogen) atoms. The number of nitrogens with zero attached hydrogens (tertiary/aromatic N) is 7. The van der Waals surface area contributed by atoms with E-state index in [-0.39, 0.29) is 87.5 Å². The lowest BCUT2D eigenvalue weighted by molar-refractivity contribution is -0.147. The van der Waals surface area contributed by atoms with Crippen LogP contribution in [-0.4, -0.2) is 106 Å². The Bertz CT molecular complexity index is 6230. The highest BCUT2D eigenvalue weighted by atomic mass is 32.2. The number of fused-ring (bicyclic) bond motifs is 9. The summed E-state index contributed by atoms with van der Waals surface area (Å²) in [7, 11) is 0. The smallest absolute Gasteiger partial charge is 0.415 e. The van der Waals surface area contributed by atoms with Crippen LogP contribution >= 0.6 is 35.3 Å². The van der Waals surface area contributed by atoms with Gasteiger partial charge in [0.1, 0.15) is 18.5 Å². The third-order valence-corrected chi connectivity index (χ3v) is 27.8. The SMILES string of the molecule is CC(=O)OCOc1c2n(ccc1=O)N(C1c3ccccc3SCc3c(F)cccc31)CC1(CC1)C2=O.CC(C)[C@@H](NC(=O)OCc1ccccc1)C(=O)Oc1c2n(ccc1=O)N(C1c3ccccc3SCc3c1ccc(F)c3F)CC1(CC1)C2=O.CCN(CC)C(=O)Oc1c2n(ccc1=O)N(C1c3ccccc3SCc3c1ccc(F)c3F)CC1(CC1)C2=O. The van der Waals surface area contributed by atoms with Crippen molar-refractivity contribution in [1.82, 2.24) is 24.2 Å². The lowest BCUT2D eigenvalue weighted by Crippen LogP contribution is -2.52. The summed E-state index contributed by atoms with van der Waals surface area (Å²) in [5.41, 5.74) is 2.54. The van der Waals surface area contributed by atoms with Crippen LogP contribution in [0.25, 0.3) is 0 Å². The molecule has 10 aromatic rings. The molecule has 3 unspecified atom stereocenters. The van der Waals surface area contributed by atoms with E-state index in [0.717, 1.165) is 54.6 Å². The van der Waals surface area contributed by atoms with Crippen molar-refractivity contribution in [2.75, 3.05) is 54.5 Å². The van der Waals surface area contributed by atoms with Gasteiger partial charge < -0.3 is 33.9 Å². The molecule has 3 aliphatic carbocycles. The minimum Gasteiger partial charge on any atom is -0.451 e. The average molecular weight is 1740 g/mol. The molecule has 9 aliphatic rings. The van der Waals surface area contributed by atoms with E-state index in [1.165, 1.54) is 76.7 Å². The van der Waals surface area contributed by atoms with Crippen molar-refractivity contribution >= 4 is 76.8 Å². The van der Waals surface area contributed by atoms with E-state index in [1.807, 2.05) is 112 Å². The predicted molar refractivity (Wildman–Crippen MR) is 452 cm³/mol. The van der Waals surface area contributed by atoms with Gasteiger partial charge in [-0.15, -0.1) is 35.3 Å². The van der Waals surface area contributed by atoms with E-state index >= 15 is 13.2 Å². The highest BCUT2D eigenvalue weighted by Gasteiger charge is 2.60. The van der Waals surface area contributed by atoms with Crippen LogP contribution in [0.1, 0.15) is 178 Å². The van der Waals surface area contributed by atoms with E-state index in [0.29, 0.717) is 87.1 Å². The maximum absolute atomic E-state index is 15.4. The molecule has 3 spiro atoms. The van der Waals surface area contributed by atoms with Crippen molar-refractivity contribution in [2.24, 2.45) is 22.2 Å². The van der Waals surface area contributed by atoms with Gasteiger partial charge in [0.2, 0.25) is 34.6 Å². The number of hydrogen-bond acceptors (Lipinski definition) is 21. The summed E-state index contributed by atoms with van der Waals surface area (Å²) in [5, 5.41) is 8.39. The molecule has 3 fully saturated rings. The number of hydrogen-bond donors (Lipinski definition) is 1. The largest absolute Gasteiger partial charge is 0.451 e. The van der Waals surface area contributed by atoms with E-state index in [9.17, 15) is 56.7 Å². The first-order valence-electron chi connectivity index (χ1n) is 40.8. The molecule has 3 aromatic heterocycles. The summed E-state index contributed by atoms with van der Waals surface area (Å²) >= 11 is 4.41. The number of halogens is 5. The molecule has 1 N–H and O–H groups in total. The molecule has 0 bridgehead atoms. The Labute approximate surface area is 720 Å². The molecule has 31 heteroatoms. The molecule has 7 aromatic carbocycles. The second-order valence-electron chi connectivity index (χ2n) is 32.4. The summed E-state index contributed by atoms with van der Waals surface area (Å²) in [6.45, 7) is 9.47. The van der Waals surface area contributed by atoms with E-state index in [4.69, 9.17) is 23.7 Å². The molecule has 6 aliphatic heterocycles. The number of ether oxygens (including phenoxy) is 5. The number of pyridine rings is 3. The number of amides is 2. The zero-order valence-corrected chi connectivity index (χ0v) is 70.3. The van der Waals surface area contributed by atoms with Crippen molar-refractivity contribution in [2.45, 2.75) is 136 Å². The van der Waals surface area contributed by atoms with Crippen LogP contribution in [0.5, 0.6) is 17.2 Å². The third-order valence-electron chi connectivity index (χ3n) is 24.4. The number of nitrogens with one attached hydrogen (secondary N) is 1. The van der Waals surface area contributed by atoms with Gasteiger partial charge in [0, 0.05) is 125 Å². The monoisotopic (exact) mass is 1740 g/mol. The van der Waals surface area contributed by atoms with Gasteiger partial charge >= 0.3 is 24.1 Å². The lowest BCUT2D eigenvalue weighted by Gasteiger charge is -2.43. The van der Waals surface area contributed by atoms with Crippen LogP contribution < -0.4 is 50.8 Å². The second-order valence-corrected chi connectivity index (χ2v) is 35.4. The van der Waals surface area contributed by atoms with Crippen LogP contribution in [0.4, 0.5) is 31.5 Å². The zero-order chi connectivity index (χ0) is 86.9. The van der Waals surface area contributed by atoms with Crippen LogP contribution in [0.3, 0.4) is 0 Å². The number of thioether (sulfide) groups is 3. The van der Waals surface area contributed by atoms with Gasteiger partial charge in [0.25, 0.3) is 0 Å². The first-order valence-corrected chi connectivity index (χ1v) is 43.7. The Hall–Kier alpha value is -12.2. The summed E-state index contributed by atoms with van der Waals surface area (Å²) in [5.74, 6) is -6.65. The van der Waals surface area contributed by atoms with Gasteiger partial charge in [0.05, 0.1) is 34.4 Å². The van der Waals surface area contributed by atoms with Crippen LogP contribution in [0, 0.1) is 51.2 Å². The summed E-state index contributed by atoms with van der Waals surface area (Å²) in [6.07, 6.45) is 6.64. The molecule has 19 rings (SSSR count). The molecule has 4 atom stereocenters. The standard InChI is InChI=1S/C37H33F2N3O6S.C29H27F2N3O4S.C27H23FN2O5S/c1-21(2)30(40-36(46)47-18-22-8-4-3-5-9-22)35(45)48-33-27(43)14-17-41-32(33)34(44)37(15-16-37)20-42(41)31-23-12-13-26(38)29(39)25(23)19-49-28-11-7-6-10-24(28)31;1-3-32(4-2)28(37)38-26-21(35)11-14-33-25(26)27(36)29(12-13-29)16-34(33)24-17-9-10-20(30)23(31)19(17)15-39-22-8-6-5-7-18(22)24;1-16(31)34-15-35-25-21(32)9-12-29-24(25)26(33)27(10-11-27)14-30(29)23-17-6-4-7-20(28)19(17)13-36-22-8-3-2-5-18(22)23/h3-14,17,21,30-31H,15-16,18-20H2,1-2H3,(H,40,46);5-11,14,24H,3-4,12-13,15-16H2,1-2H3;2-9,12,23H,10-11,13-15H2,1H3/t30-,31?;;/m1../s1. The summed E-state index contributed by atoms with van der Waals surface area (Å²) in [6, 6.07) is 43.7. The number of ketones is 3. The highest BCUT2D eigenvalue weighted by molar-refractivity contribution is 7.99. The van der Waals surface area contributed by atoms with Gasteiger partial charge in [-0.25, -0.2) is 36.3 Å². The second kappa shape index (κ2) is 33.8. The van der Waals surface area contributed by atoms with Crippen molar-refractivity contribution in [3.63, 3.8) is 0 Å². The molecular formula is C93H83F5N8O15S3. The Morgan fingerprint density at radius 2 is 0.855 bits per heavy atom. The number of alkyl carbamates (subject to hydrolysis) is 1. The predicted octanol–water partition coefficient (Wildman–Crippen LogP) is 15.8. The summed E-state index contributed by atoms with van der Waals surface area (Å²) in [4.78, 5) is 136. The molecular weight excluding hydrogens is 1660 g/mol. The topological polar surface area (TPSA) is 257 Å². The van der Waals surface area contributed by atoms with Crippen molar-refractivity contribution in [3.8, 4) is 17.2 Å². The fraction of sp³-hybridized carbons (Fsp3) is 0.312. The molecule has 638 valence electrons. The third kappa shape index (κ3) is 15.5. The summed E-state index contributed by atoms with van der Waals surface area (Å²) < 4.78 is 106. The Morgan fingerprint density at radius 1 is 0.460 bits per heavy atom. The van der Waals surface area contributed by atoms with Crippen molar-refractivity contribution in [1.29, 1.82) is 0 Å². The lowest BCUT2D eigenvalue weighted by atomic mass is 9.89. The zero-order valence-electron chi connectivity index (χ0n) is 67.9. The number of aromatic nitrogens is 3. The number of esters is 2. The number of benzene rings is 7. The number of carbonyl (C=O) groups is 7. The number of carbonyl (C=O) groups excluding carboxylic acids is 7. The Kier molecular flexibility index (Phi) is 22.9. The molecule has 0 saturated heterocycles. The first kappa shape index (κ1) is 84.0. The molecule has 2 amide bonds. The normalized spacial score (nSPS) is 18.4. The van der Waals surface area contributed by atoms with Crippen LogP contribution in [0.15, 0.2) is 211 Å². The van der Waals surface area contributed by atoms with Crippen LogP contribution in [0.2, 0.25) is 0 Å². The number of rotatable bonds is 15. The van der Waals surface area contributed by atoms with Gasteiger partial charge in [-0.3, -0.25) is 62.6 Å². The molecule has 9 heterocycles. The number of Topliss-reactive ketones (excluding diaryl/α,β-unsaturated/α-hetero) is 3. The molecule has 3 saturated carbocycles. The van der Waals surface area contributed by atoms with Gasteiger partial charge in [-0.1, -0.05) is 123 Å². The fourth-order valence-corrected chi connectivity index (χ4v) is 20.7. The maximum atomic E-state index is 15.4. The van der Waals surface area contributed by atoms with Crippen molar-refractivity contribution < 1.29 is 79.2 Å². The molecule has 0 radical (unpaired) electrons. The van der Waals surface area contributed by atoms with Crippen molar-refractivity contribution in [3.05, 3.63) is 315 Å². The Morgan fingerprint density at radius 3 is 1.28 bits per heavy atom. The quantitative estimate of drug-likeness (QED) is 0.0568. The minimum absolute atomic E-state index is 0.00488. The molecule has 23 nitrogen and oxygen atoms in total. The average Bonchev–Trinajstić information content (AvgIpc) is 1.50. The van der Waals surface area contributed by atoms with E-state index in [1.54, 1.807) is 85.3 Å². The van der Waals surface area contributed by atoms with E-state index < -0.39 is 123 Å². The van der Waals surface area contributed by atoms with Gasteiger partial charge in [-0.2, -0.15) is 0 Å². The van der Waals surface area contributed by atoms with Crippen LogP contribution in [-0.2, 0) is 42.9 Å². The highest BCUT2D eigenvalue weighted by Crippen LogP contribution is 2.58. The first-order chi connectivity index (χ1) is 59.8. The van der Waals surface area contributed by atoms with Gasteiger partial charge in [-0.05, 0) is 134 Å². The van der Waals surface area contributed by atoms with Gasteiger partial charge in [0.15, 0.2) is 63.4 Å². The maximum Gasteiger partial charge on any atom is 0.415 e. The van der Waals surface area contributed by atoms with E-state index in [2.05, 4.69) is 5.32 Å². The Balaban J connectivity index is 0.000000134.